The molecule has 0 aromatic carbocycles. The van der Waals surface area contributed by atoms with Gasteiger partial charge in [0, 0.05) is 36.8 Å². The first kappa shape index (κ1) is 17.2. The number of rotatable bonds is 7. The van der Waals surface area contributed by atoms with Crippen LogP contribution in [0.5, 0.6) is 0 Å². The SMILES string of the molecule is CC(C)NC(C)(CO)CCCN1CC2CCCN2CC1C. The molecule has 124 valence electrons. The number of hydrogen-bond donors (Lipinski definition) is 2. The average Bonchev–Trinajstić information content (AvgIpc) is 2.85. The van der Waals surface area contributed by atoms with Crippen molar-refractivity contribution in [2.24, 2.45) is 0 Å². The molecule has 2 rings (SSSR count). The van der Waals surface area contributed by atoms with Gasteiger partial charge in [-0.2, -0.15) is 0 Å². The summed E-state index contributed by atoms with van der Waals surface area (Å²) < 4.78 is 0. The van der Waals surface area contributed by atoms with Gasteiger partial charge in [0.2, 0.25) is 0 Å². The first-order chi connectivity index (χ1) is 9.93. The maximum Gasteiger partial charge on any atom is 0.0610 e. The fourth-order valence-corrected chi connectivity index (χ4v) is 4.13. The molecule has 0 bridgehead atoms. The van der Waals surface area contributed by atoms with Gasteiger partial charge in [0.05, 0.1) is 6.61 Å². The van der Waals surface area contributed by atoms with Crippen molar-refractivity contribution in [3.05, 3.63) is 0 Å². The van der Waals surface area contributed by atoms with Crippen LogP contribution in [0, 0.1) is 0 Å². The molecule has 0 aromatic heterocycles. The van der Waals surface area contributed by atoms with Gasteiger partial charge in [-0.15, -0.1) is 0 Å². The van der Waals surface area contributed by atoms with E-state index in [-0.39, 0.29) is 12.1 Å². The van der Waals surface area contributed by atoms with E-state index in [1.54, 1.807) is 0 Å². The second kappa shape index (κ2) is 7.40. The number of aliphatic hydroxyl groups is 1. The van der Waals surface area contributed by atoms with Crippen LogP contribution in [-0.4, -0.2) is 71.4 Å². The van der Waals surface area contributed by atoms with Crippen LogP contribution in [0.1, 0.15) is 53.4 Å². The van der Waals surface area contributed by atoms with Crippen LogP contribution in [0.25, 0.3) is 0 Å². The minimum absolute atomic E-state index is 0.132. The highest BCUT2D eigenvalue weighted by Gasteiger charge is 2.34. The molecule has 0 radical (unpaired) electrons. The molecule has 2 saturated heterocycles. The molecule has 0 spiro atoms. The summed E-state index contributed by atoms with van der Waals surface area (Å²) in [4.78, 5) is 5.35. The van der Waals surface area contributed by atoms with Crippen molar-refractivity contribution in [1.82, 2.24) is 15.1 Å². The van der Waals surface area contributed by atoms with Crippen molar-refractivity contribution in [2.75, 3.05) is 32.8 Å². The molecule has 0 aliphatic carbocycles. The van der Waals surface area contributed by atoms with E-state index in [1.807, 2.05) is 0 Å². The van der Waals surface area contributed by atoms with Crippen LogP contribution < -0.4 is 5.32 Å². The number of hydrogen-bond acceptors (Lipinski definition) is 4. The lowest BCUT2D eigenvalue weighted by Gasteiger charge is -2.42. The minimum atomic E-state index is -0.132. The largest absolute Gasteiger partial charge is 0.394 e. The fourth-order valence-electron chi connectivity index (χ4n) is 4.13. The van der Waals surface area contributed by atoms with Crippen molar-refractivity contribution in [1.29, 1.82) is 0 Å². The molecule has 21 heavy (non-hydrogen) atoms. The molecule has 4 heteroatoms. The third-order valence-electron chi connectivity index (χ3n) is 5.23. The van der Waals surface area contributed by atoms with Crippen molar-refractivity contribution in [3.63, 3.8) is 0 Å². The lowest BCUT2D eigenvalue weighted by Crippen LogP contribution is -2.55. The Morgan fingerprint density at radius 3 is 2.76 bits per heavy atom. The molecule has 2 aliphatic rings. The summed E-state index contributed by atoms with van der Waals surface area (Å²) in [6.07, 6.45) is 4.96. The summed E-state index contributed by atoms with van der Waals surface area (Å²) in [5.74, 6) is 0. The second-order valence-electron chi connectivity index (χ2n) is 7.76. The Hall–Kier alpha value is -0.160. The highest BCUT2D eigenvalue weighted by molar-refractivity contribution is 4.91. The topological polar surface area (TPSA) is 38.7 Å². The predicted octanol–water partition coefficient (Wildman–Crippen LogP) is 1.68. The average molecular weight is 297 g/mol. The lowest BCUT2D eigenvalue weighted by atomic mass is 9.95. The van der Waals surface area contributed by atoms with Crippen LogP contribution in [0.3, 0.4) is 0 Å². The van der Waals surface area contributed by atoms with E-state index in [9.17, 15) is 5.11 Å². The standard InChI is InChI=1S/C17H35N3O/c1-14(2)18-17(4,13-21)8-6-10-19-12-16-7-5-9-20(16)11-15(19)3/h14-16,18,21H,5-13H2,1-4H3. The van der Waals surface area contributed by atoms with E-state index in [0.29, 0.717) is 12.1 Å². The van der Waals surface area contributed by atoms with E-state index in [1.165, 1.54) is 39.0 Å². The summed E-state index contributed by atoms with van der Waals surface area (Å²) in [5, 5.41) is 13.2. The molecule has 2 fully saturated rings. The number of fused-ring (bicyclic) bond motifs is 1. The smallest absolute Gasteiger partial charge is 0.0610 e. The normalized spacial score (nSPS) is 30.6. The molecule has 2 heterocycles. The number of nitrogens with one attached hydrogen (secondary N) is 1. The molecule has 3 unspecified atom stereocenters. The molecular weight excluding hydrogens is 262 g/mol. The maximum atomic E-state index is 9.66. The third-order valence-corrected chi connectivity index (χ3v) is 5.23. The minimum Gasteiger partial charge on any atom is -0.394 e. The Balaban J connectivity index is 1.77. The molecule has 0 amide bonds. The highest BCUT2D eigenvalue weighted by Crippen LogP contribution is 2.25. The highest BCUT2D eigenvalue weighted by atomic mass is 16.3. The van der Waals surface area contributed by atoms with E-state index >= 15 is 0 Å². The van der Waals surface area contributed by atoms with Crippen molar-refractivity contribution >= 4 is 0 Å². The van der Waals surface area contributed by atoms with Gasteiger partial charge in [-0.1, -0.05) is 13.8 Å². The third kappa shape index (κ3) is 4.65. The molecule has 0 aromatic rings. The van der Waals surface area contributed by atoms with Gasteiger partial charge in [-0.25, -0.2) is 0 Å². The van der Waals surface area contributed by atoms with Crippen LogP contribution in [0.15, 0.2) is 0 Å². The Labute approximate surface area is 130 Å². The number of aliphatic hydroxyl groups excluding tert-OH is 1. The Kier molecular flexibility index (Phi) is 6.06. The van der Waals surface area contributed by atoms with Gasteiger partial charge in [-0.05, 0) is 52.6 Å². The summed E-state index contributed by atoms with van der Waals surface area (Å²) in [5.41, 5.74) is -0.132. The lowest BCUT2D eigenvalue weighted by molar-refractivity contribution is 0.0548. The van der Waals surface area contributed by atoms with E-state index in [0.717, 1.165) is 18.9 Å². The van der Waals surface area contributed by atoms with Gasteiger partial charge in [0.25, 0.3) is 0 Å². The molecule has 2 aliphatic heterocycles. The Bertz CT molecular complexity index is 323. The zero-order chi connectivity index (χ0) is 15.5. The Morgan fingerprint density at radius 2 is 2.10 bits per heavy atom. The molecule has 4 nitrogen and oxygen atoms in total. The van der Waals surface area contributed by atoms with Gasteiger partial charge in [-0.3, -0.25) is 9.80 Å². The zero-order valence-electron chi connectivity index (χ0n) is 14.4. The molecule has 2 N–H and O–H groups in total. The van der Waals surface area contributed by atoms with Gasteiger partial charge in [0.1, 0.15) is 0 Å². The van der Waals surface area contributed by atoms with Crippen molar-refractivity contribution in [3.8, 4) is 0 Å². The maximum absolute atomic E-state index is 9.66. The second-order valence-corrected chi connectivity index (χ2v) is 7.76. The summed E-state index contributed by atoms with van der Waals surface area (Å²) in [6, 6.07) is 1.90. The van der Waals surface area contributed by atoms with Gasteiger partial charge in [0.15, 0.2) is 0 Å². The summed E-state index contributed by atoms with van der Waals surface area (Å²) >= 11 is 0. The van der Waals surface area contributed by atoms with Crippen molar-refractivity contribution in [2.45, 2.75) is 77.0 Å². The van der Waals surface area contributed by atoms with E-state index in [4.69, 9.17) is 0 Å². The van der Waals surface area contributed by atoms with Crippen LogP contribution in [0.2, 0.25) is 0 Å². The Morgan fingerprint density at radius 1 is 1.33 bits per heavy atom. The summed E-state index contributed by atoms with van der Waals surface area (Å²) in [6.45, 7) is 14.0. The summed E-state index contributed by atoms with van der Waals surface area (Å²) in [7, 11) is 0. The van der Waals surface area contributed by atoms with Crippen LogP contribution in [-0.2, 0) is 0 Å². The number of piperazine rings is 1. The molecule has 0 saturated carbocycles. The quantitative estimate of drug-likeness (QED) is 0.750. The zero-order valence-corrected chi connectivity index (χ0v) is 14.4. The monoisotopic (exact) mass is 297 g/mol. The van der Waals surface area contributed by atoms with Gasteiger partial charge >= 0.3 is 0 Å². The van der Waals surface area contributed by atoms with E-state index < -0.39 is 0 Å². The molecule has 3 atom stereocenters. The van der Waals surface area contributed by atoms with Crippen LogP contribution in [0.4, 0.5) is 0 Å². The van der Waals surface area contributed by atoms with E-state index in [2.05, 4.69) is 42.8 Å². The van der Waals surface area contributed by atoms with Gasteiger partial charge < -0.3 is 10.4 Å². The first-order valence-corrected chi connectivity index (χ1v) is 8.80. The number of nitrogens with zero attached hydrogens (tertiary/aromatic N) is 2. The van der Waals surface area contributed by atoms with Crippen LogP contribution >= 0.6 is 0 Å². The first-order valence-electron chi connectivity index (χ1n) is 8.80. The predicted molar refractivity (Wildman–Crippen MR) is 88.6 cm³/mol. The molecular formula is C17H35N3O. The van der Waals surface area contributed by atoms with Crippen molar-refractivity contribution < 1.29 is 5.11 Å². The fraction of sp³-hybridized carbons (Fsp3) is 1.00.